The van der Waals surface area contributed by atoms with Gasteiger partial charge in [-0.15, -0.1) is 0 Å². The van der Waals surface area contributed by atoms with Gasteiger partial charge in [-0.3, -0.25) is 0 Å². The zero-order chi connectivity index (χ0) is 13.8. The van der Waals surface area contributed by atoms with Crippen molar-refractivity contribution in [2.24, 2.45) is 10.1 Å². The summed E-state index contributed by atoms with van der Waals surface area (Å²) in [6, 6.07) is 20.2. The minimum absolute atomic E-state index is 0.847. The Kier molecular flexibility index (Phi) is 3.83. The molecular formula is C16H15N3S. The lowest BCUT2D eigenvalue weighted by Gasteiger charge is -2.22. The SMILES string of the molecule is CN1N=C(c2ccccc2)CSC1=Nc1ccccc1. The summed E-state index contributed by atoms with van der Waals surface area (Å²) in [6.45, 7) is 0. The average Bonchev–Trinajstić information content (AvgIpc) is 2.51. The Bertz CT molecular complexity index is 635. The van der Waals surface area contributed by atoms with Crippen LogP contribution in [0.25, 0.3) is 0 Å². The number of nitrogens with zero attached hydrogens (tertiary/aromatic N) is 3. The molecule has 1 heterocycles. The van der Waals surface area contributed by atoms with Crippen LogP contribution in [0.1, 0.15) is 5.56 Å². The van der Waals surface area contributed by atoms with Crippen LogP contribution in [-0.4, -0.2) is 28.7 Å². The third-order valence-electron chi connectivity index (χ3n) is 2.97. The molecular weight excluding hydrogens is 266 g/mol. The maximum Gasteiger partial charge on any atom is 0.185 e. The van der Waals surface area contributed by atoms with Crippen LogP contribution in [-0.2, 0) is 0 Å². The van der Waals surface area contributed by atoms with Crippen LogP contribution in [0.5, 0.6) is 0 Å². The summed E-state index contributed by atoms with van der Waals surface area (Å²) in [7, 11) is 1.94. The number of amidine groups is 1. The minimum Gasteiger partial charge on any atom is -0.245 e. The number of aliphatic imine (C=N–C) groups is 1. The molecule has 0 radical (unpaired) electrons. The molecule has 20 heavy (non-hydrogen) atoms. The molecule has 0 bridgehead atoms. The average molecular weight is 281 g/mol. The molecule has 1 aliphatic heterocycles. The van der Waals surface area contributed by atoms with Crippen molar-refractivity contribution in [3.8, 4) is 0 Å². The molecule has 100 valence electrons. The molecule has 4 heteroatoms. The monoisotopic (exact) mass is 281 g/mol. The van der Waals surface area contributed by atoms with Crippen LogP contribution in [0.4, 0.5) is 5.69 Å². The van der Waals surface area contributed by atoms with Crippen LogP contribution >= 0.6 is 11.8 Å². The number of benzene rings is 2. The van der Waals surface area contributed by atoms with E-state index < -0.39 is 0 Å². The number of para-hydroxylation sites is 1. The Morgan fingerprint density at radius 2 is 1.65 bits per heavy atom. The first kappa shape index (κ1) is 12.9. The second kappa shape index (κ2) is 5.92. The fourth-order valence-corrected chi connectivity index (χ4v) is 2.86. The van der Waals surface area contributed by atoms with Gasteiger partial charge in [0, 0.05) is 12.8 Å². The van der Waals surface area contributed by atoms with E-state index in [1.807, 2.05) is 60.6 Å². The van der Waals surface area contributed by atoms with Gasteiger partial charge >= 0.3 is 0 Å². The highest BCUT2D eigenvalue weighted by molar-refractivity contribution is 8.14. The fourth-order valence-electron chi connectivity index (χ4n) is 1.97. The Hall–Kier alpha value is -2.07. The predicted molar refractivity (Wildman–Crippen MR) is 86.7 cm³/mol. The van der Waals surface area contributed by atoms with Crippen molar-refractivity contribution in [3.05, 3.63) is 66.2 Å². The van der Waals surface area contributed by atoms with Gasteiger partial charge in [-0.1, -0.05) is 60.3 Å². The number of hydrazone groups is 1. The first-order valence-corrected chi connectivity index (χ1v) is 7.44. The van der Waals surface area contributed by atoms with Gasteiger partial charge in [-0.05, 0) is 17.7 Å². The molecule has 0 saturated heterocycles. The highest BCUT2D eigenvalue weighted by Crippen LogP contribution is 2.22. The van der Waals surface area contributed by atoms with Gasteiger partial charge < -0.3 is 0 Å². The second-order valence-corrected chi connectivity index (χ2v) is 5.40. The fraction of sp³-hybridized carbons (Fsp3) is 0.125. The number of thioether (sulfide) groups is 1. The smallest absolute Gasteiger partial charge is 0.185 e. The summed E-state index contributed by atoms with van der Waals surface area (Å²) in [4.78, 5) is 4.63. The van der Waals surface area contributed by atoms with Crippen LogP contribution in [0, 0.1) is 0 Å². The third kappa shape index (κ3) is 2.91. The summed E-state index contributed by atoms with van der Waals surface area (Å²) < 4.78 is 0. The van der Waals surface area contributed by atoms with Crippen molar-refractivity contribution in [3.63, 3.8) is 0 Å². The molecule has 0 saturated carbocycles. The highest BCUT2D eigenvalue weighted by atomic mass is 32.2. The molecule has 0 N–H and O–H groups in total. The third-order valence-corrected chi connectivity index (χ3v) is 4.00. The van der Waals surface area contributed by atoms with Crippen molar-refractivity contribution in [2.45, 2.75) is 0 Å². The van der Waals surface area contributed by atoms with E-state index in [-0.39, 0.29) is 0 Å². The summed E-state index contributed by atoms with van der Waals surface area (Å²) in [5.74, 6) is 0.847. The van der Waals surface area contributed by atoms with E-state index in [0.29, 0.717) is 0 Å². The molecule has 0 amide bonds. The van der Waals surface area contributed by atoms with Gasteiger partial charge in [0.2, 0.25) is 0 Å². The molecule has 0 unspecified atom stereocenters. The number of rotatable bonds is 2. The van der Waals surface area contributed by atoms with Gasteiger partial charge in [-0.2, -0.15) is 5.10 Å². The van der Waals surface area contributed by atoms with Crippen LogP contribution in [0.3, 0.4) is 0 Å². The van der Waals surface area contributed by atoms with E-state index >= 15 is 0 Å². The van der Waals surface area contributed by atoms with Crippen molar-refractivity contribution >= 4 is 28.3 Å². The zero-order valence-electron chi connectivity index (χ0n) is 11.2. The maximum atomic E-state index is 4.63. The van der Waals surface area contributed by atoms with Crippen LogP contribution in [0.15, 0.2) is 70.8 Å². The molecule has 3 nitrogen and oxygen atoms in total. The molecule has 2 aromatic carbocycles. The summed E-state index contributed by atoms with van der Waals surface area (Å²) in [5.41, 5.74) is 3.22. The normalized spacial score (nSPS) is 17.1. The Balaban J connectivity index is 1.84. The summed E-state index contributed by atoms with van der Waals surface area (Å²) >= 11 is 1.71. The molecule has 0 atom stereocenters. The van der Waals surface area contributed by atoms with Gasteiger partial charge in [0.25, 0.3) is 0 Å². The summed E-state index contributed by atoms with van der Waals surface area (Å²) in [5, 5.41) is 7.41. The lowest BCUT2D eigenvalue weighted by Crippen LogP contribution is -2.27. The molecule has 1 aliphatic rings. The Labute approximate surface area is 123 Å². The van der Waals surface area contributed by atoms with E-state index in [9.17, 15) is 0 Å². The minimum atomic E-state index is 0.847. The lowest BCUT2D eigenvalue weighted by atomic mass is 10.1. The Morgan fingerprint density at radius 3 is 2.30 bits per heavy atom. The molecule has 0 aliphatic carbocycles. The largest absolute Gasteiger partial charge is 0.245 e. The topological polar surface area (TPSA) is 28.0 Å². The maximum absolute atomic E-state index is 4.63. The highest BCUT2D eigenvalue weighted by Gasteiger charge is 2.17. The van der Waals surface area contributed by atoms with Crippen molar-refractivity contribution in [2.75, 3.05) is 12.8 Å². The van der Waals surface area contributed by atoms with Gasteiger partial charge in [-0.25, -0.2) is 10.0 Å². The van der Waals surface area contributed by atoms with E-state index in [4.69, 9.17) is 0 Å². The van der Waals surface area contributed by atoms with Gasteiger partial charge in [0.05, 0.1) is 11.4 Å². The predicted octanol–water partition coefficient (Wildman–Crippen LogP) is 3.76. The lowest BCUT2D eigenvalue weighted by molar-refractivity contribution is 0.553. The van der Waals surface area contributed by atoms with E-state index in [0.717, 1.165) is 22.3 Å². The van der Waals surface area contributed by atoms with Gasteiger partial charge in [0.15, 0.2) is 5.17 Å². The first-order valence-electron chi connectivity index (χ1n) is 6.46. The number of hydrogen-bond donors (Lipinski definition) is 0. The Morgan fingerprint density at radius 1 is 1.00 bits per heavy atom. The van der Waals surface area contributed by atoms with E-state index in [2.05, 4.69) is 22.2 Å². The molecule has 0 fully saturated rings. The standard InChI is InChI=1S/C16H15N3S/c1-19-16(17-14-10-6-3-7-11-14)20-12-15(18-19)13-8-4-2-5-9-13/h2-11H,12H2,1H3. The van der Waals surface area contributed by atoms with E-state index in [1.54, 1.807) is 11.8 Å². The molecule has 0 spiro atoms. The molecule has 0 aromatic heterocycles. The van der Waals surface area contributed by atoms with Crippen LogP contribution < -0.4 is 0 Å². The molecule has 2 aromatic rings. The van der Waals surface area contributed by atoms with Crippen molar-refractivity contribution < 1.29 is 0 Å². The quantitative estimate of drug-likeness (QED) is 0.838. The molecule has 3 rings (SSSR count). The second-order valence-electron chi connectivity index (χ2n) is 4.45. The van der Waals surface area contributed by atoms with Crippen molar-refractivity contribution in [1.29, 1.82) is 0 Å². The number of hydrogen-bond acceptors (Lipinski definition) is 3. The van der Waals surface area contributed by atoms with Gasteiger partial charge in [0.1, 0.15) is 0 Å². The van der Waals surface area contributed by atoms with Crippen molar-refractivity contribution in [1.82, 2.24) is 5.01 Å². The first-order chi connectivity index (χ1) is 9.83. The zero-order valence-corrected chi connectivity index (χ0v) is 12.0. The van der Waals surface area contributed by atoms with E-state index in [1.165, 1.54) is 5.56 Å². The summed E-state index contributed by atoms with van der Waals surface area (Å²) in [6.07, 6.45) is 0. The van der Waals surface area contributed by atoms with Crippen LogP contribution in [0.2, 0.25) is 0 Å².